The van der Waals surface area contributed by atoms with Crippen molar-refractivity contribution in [3.05, 3.63) is 79.1 Å². The Bertz CT molecular complexity index is 1160. The zero-order valence-electron chi connectivity index (χ0n) is 17.9. The number of aromatic nitrogens is 4. The van der Waals surface area contributed by atoms with Gasteiger partial charge in [-0.2, -0.15) is 0 Å². The second-order valence-corrected chi connectivity index (χ2v) is 7.83. The van der Waals surface area contributed by atoms with Gasteiger partial charge in [0.05, 0.1) is 12.4 Å². The number of para-hydroxylation sites is 1. The number of carbonyl (C=O) groups excluding carboxylic acids is 1. The average molecular weight is 446 g/mol. The molecule has 0 aliphatic carbocycles. The normalized spacial score (nSPS) is 10.7. The summed E-state index contributed by atoms with van der Waals surface area (Å²) in [7, 11) is 1.77. The van der Waals surface area contributed by atoms with Crippen LogP contribution in [-0.4, -0.2) is 45.1 Å². The summed E-state index contributed by atoms with van der Waals surface area (Å²) in [5.41, 5.74) is 2.57. The molecular formula is C24H23N5O2S. The molecule has 1 amide bonds. The molecule has 8 heteroatoms. The van der Waals surface area contributed by atoms with Crippen LogP contribution in [0.3, 0.4) is 0 Å². The lowest BCUT2D eigenvalue weighted by Gasteiger charge is -2.17. The predicted molar refractivity (Wildman–Crippen MR) is 126 cm³/mol. The summed E-state index contributed by atoms with van der Waals surface area (Å²) < 4.78 is 7.50. The molecule has 4 aromatic rings. The Morgan fingerprint density at radius 1 is 1.03 bits per heavy atom. The third-order valence-electron chi connectivity index (χ3n) is 4.80. The number of nitrogens with zero attached hydrogens (tertiary/aromatic N) is 5. The highest BCUT2D eigenvalue weighted by molar-refractivity contribution is 7.99. The van der Waals surface area contributed by atoms with E-state index in [2.05, 4.69) is 15.2 Å². The van der Waals surface area contributed by atoms with Crippen LogP contribution in [0, 0.1) is 0 Å². The molecule has 0 aliphatic rings. The minimum atomic E-state index is -0.0228. The molecule has 32 heavy (non-hydrogen) atoms. The molecule has 0 bridgehead atoms. The minimum Gasteiger partial charge on any atom is -0.494 e. The number of rotatable bonds is 8. The van der Waals surface area contributed by atoms with E-state index in [1.807, 2.05) is 78.2 Å². The SMILES string of the molecule is CCOc1ccc(-n2c(SCC(=O)N(C)c3ccccc3)nnc2-c2cccnc2)cc1. The largest absolute Gasteiger partial charge is 0.494 e. The van der Waals surface area contributed by atoms with Gasteiger partial charge in [-0.15, -0.1) is 10.2 Å². The molecular weight excluding hydrogens is 422 g/mol. The Labute approximate surface area is 191 Å². The summed E-state index contributed by atoms with van der Waals surface area (Å²) in [5.74, 6) is 1.66. The van der Waals surface area contributed by atoms with Crippen LogP contribution in [0.15, 0.2) is 84.3 Å². The fraction of sp³-hybridized carbons (Fsp3) is 0.167. The van der Waals surface area contributed by atoms with E-state index >= 15 is 0 Å². The van der Waals surface area contributed by atoms with Gasteiger partial charge in [-0.1, -0.05) is 30.0 Å². The molecule has 0 N–H and O–H groups in total. The van der Waals surface area contributed by atoms with Gasteiger partial charge in [-0.25, -0.2) is 0 Å². The first kappa shape index (κ1) is 21.6. The Morgan fingerprint density at radius 2 is 1.81 bits per heavy atom. The van der Waals surface area contributed by atoms with Crippen molar-refractivity contribution in [1.82, 2.24) is 19.7 Å². The highest BCUT2D eigenvalue weighted by Crippen LogP contribution is 2.29. The van der Waals surface area contributed by atoms with Gasteiger partial charge in [0.15, 0.2) is 11.0 Å². The van der Waals surface area contributed by atoms with Crippen LogP contribution in [0.1, 0.15) is 6.92 Å². The number of ether oxygens (including phenoxy) is 1. The van der Waals surface area contributed by atoms with Crippen molar-refractivity contribution < 1.29 is 9.53 Å². The van der Waals surface area contributed by atoms with E-state index in [0.29, 0.717) is 17.6 Å². The summed E-state index contributed by atoms with van der Waals surface area (Å²) in [4.78, 5) is 18.6. The minimum absolute atomic E-state index is 0.0228. The molecule has 2 aromatic carbocycles. The number of hydrogen-bond donors (Lipinski definition) is 0. The summed E-state index contributed by atoms with van der Waals surface area (Å²) in [6.45, 7) is 2.55. The number of anilines is 1. The molecule has 0 spiro atoms. The van der Waals surface area contributed by atoms with Gasteiger partial charge in [0.1, 0.15) is 5.75 Å². The van der Waals surface area contributed by atoms with Crippen molar-refractivity contribution in [2.45, 2.75) is 12.1 Å². The molecule has 0 atom stereocenters. The van der Waals surface area contributed by atoms with Gasteiger partial charge in [0.25, 0.3) is 0 Å². The smallest absolute Gasteiger partial charge is 0.237 e. The van der Waals surface area contributed by atoms with E-state index < -0.39 is 0 Å². The van der Waals surface area contributed by atoms with Crippen molar-refractivity contribution in [2.24, 2.45) is 0 Å². The van der Waals surface area contributed by atoms with E-state index in [1.54, 1.807) is 24.3 Å². The highest BCUT2D eigenvalue weighted by atomic mass is 32.2. The number of carbonyl (C=O) groups is 1. The van der Waals surface area contributed by atoms with E-state index in [9.17, 15) is 4.79 Å². The molecule has 0 aliphatic heterocycles. The fourth-order valence-corrected chi connectivity index (χ4v) is 4.02. The third kappa shape index (κ3) is 4.81. The van der Waals surface area contributed by atoms with E-state index in [-0.39, 0.29) is 11.7 Å². The molecule has 0 radical (unpaired) electrons. The van der Waals surface area contributed by atoms with Crippen molar-refractivity contribution >= 4 is 23.4 Å². The number of thioether (sulfide) groups is 1. The molecule has 4 rings (SSSR count). The maximum atomic E-state index is 12.8. The Balaban J connectivity index is 1.62. The first-order valence-corrected chi connectivity index (χ1v) is 11.2. The number of hydrogen-bond acceptors (Lipinski definition) is 6. The number of benzene rings is 2. The number of pyridine rings is 1. The molecule has 0 fully saturated rings. The monoisotopic (exact) mass is 445 g/mol. The standard InChI is InChI=1S/C24H23N5O2S/c1-3-31-21-13-11-20(12-14-21)29-23(18-8-7-15-25-16-18)26-27-24(29)32-17-22(30)28(2)19-9-5-4-6-10-19/h4-16H,3,17H2,1-2H3. The molecule has 0 saturated carbocycles. The van der Waals surface area contributed by atoms with Gasteiger partial charge in [0, 0.05) is 36.4 Å². The highest BCUT2D eigenvalue weighted by Gasteiger charge is 2.19. The summed E-state index contributed by atoms with van der Waals surface area (Å²) in [5, 5.41) is 9.40. The maximum Gasteiger partial charge on any atom is 0.237 e. The summed E-state index contributed by atoms with van der Waals surface area (Å²) in [6.07, 6.45) is 3.46. The fourth-order valence-electron chi connectivity index (χ4n) is 3.15. The Hall–Kier alpha value is -3.65. The van der Waals surface area contributed by atoms with Crippen molar-refractivity contribution in [1.29, 1.82) is 0 Å². The number of amides is 1. The van der Waals surface area contributed by atoms with Crippen LogP contribution in [0.4, 0.5) is 5.69 Å². The zero-order valence-corrected chi connectivity index (χ0v) is 18.7. The van der Waals surface area contributed by atoms with Crippen molar-refractivity contribution in [3.8, 4) is 22.8 Å². The molecule has 162 valence electrons. The van der Waals surface area contributed by atoms with Crippen LogP contribution in [0.2, 0.25) is 0 Å². The van der Waals surface area contributed by atoms with Crippen LogP contribution in [0.25, 0.3) is 17.1 Å². The third-order valence-corrected chi connectivity index (χ3v) is 5.72. The predicted octanol–water partition coefficient (Wildman–Crippen LogP) is 4.48. The second-order valence-electron chi connectivity index (χ2n) is 6.89. The zero-order chi connectivity index (χ0) is 22.3. The quantitative estimate of drug-likeness (QED) is 0.372. The topological polar surface area (TPSA) is 73.1 Å². The molecule has 0 unspecified atom stereocenters. The lowest BCUT2D eigenvalue weighted by Crippen LogP contribution is -2.27. The lowest BCUT2D eigenvalue weighted by molar-refractivity contribution is -0.115. The van der Waals surface area contributed by atoms with Crippen molar-refractivity contribution in [2.75, 3.05) is 24.3 Å². The van der Waals surface area contributed by atoms with Crippen LogP contribution in [0.5, 0.6) is 5.75 Å². The molecule has 7 nitrogen and oxygen atoms in total. The first-order valence-electron chi connectivity index (χ1n) is 10.2. The maximum absolute atomic E-state index is 12.8. The van der Waals surface area contributed by atoms with E-state index in [4.69, 9.17) is 4.74 Å². The average Bonchev–Trinajstić information content (AvgIpc) is 3.28. The Kier molecular flexibility index (Phi) is 6.81. The Morgan fingerprint density at radius 3 is 2.50 bits per heavy atom. The molecule has 2 aromatic heterocycles. The van der Waals surface area contributed by atoms with Crippen LogP contribution >= 0.6 is 11.8 Å². The second kappa shape index (κ2) is 10.1. The molecule has 0 saturated heterocycles. The summed E-state index contributed by atoms with van der Waals surface area (Å²) >= 11 is 1.35. The van der Waals surface area contributed by atoms with Crippen molar-refractivity contribution in [3.63, 3.8) is 0 Å². The molecule has 2 heterocycles. The van der Waals surface area contributed by atoms with Gasteiger partial charge >= 0.3 is 0 Å². The lowest BCUT2D eigenvalue weighted by atomic mass is 10.2. The van der Waals surface area contributed by atoms with Crippen LogP contribution in [-0.2, 0) is 4.79 Å². The first-order chi connectivity index (χ1) is 15.7. The van der Waals surface area contributed by atoms with Gasteiger partial charge in [-0.3, -0.25) is 14.3 Å². The van der Waals surface area contributed by atoms with Gasteiger partial charge in [0.2, 0.25) is 5.91 Å². The van der Waals surface area contributed by atoms with Crippen LogP contribution < -0.4 is 9.64 Å². The summed E-state index contributed by atoms with van der Waals surface area (Å²) in [6, 6.07) is 21.1. The van der Waals surface area contributed by atoms with Gasteiger partial charge in [-0.05, 0) is 55.5 Å². The van der Waals surface area contributed by atoms with E-state index in [0.717, 1.165) is 22.7 Å². The van der Waals surface area contributed by atoms with E-state index in [1.165, 1.54) is 11.8 Å². The van der Waals surface area contributed by atoms with Gasteiger partial charge < -0.3 is 9.64 Å².